The summed E-state index contributed by atoms with van der Waals surface area (Å²) in [5.41, 5.74) is 0. The fourth-order valence-corrected chi connectivity index (χ4v) is 0.435. The van der Waals surface area contributed by atoms with Crippen LogP contribution in [0.5, 0.6) is 0 Å². The first-order valence-electron chi connectivity index (χ1n) is 2.81. The third-order valence-corrected chi connectivity index (χ3v) is 0.968. The van der Waals surface area contributed by atoms with E-state index < -0.39 is 6.09 Å². The lowest BCUT2D eigenvalue weighted by Gasteiger charge is -2.00. The fourth-order valence-electron chi connectivity index (χ4n) is 0.390. The summed E-state index contributed by atoms with van der Waals surface area (Å²) < 4.78 is 6.63. The molecule has 0 aromatic carbocycles. The second-order valence-electron chi connectivity index (χ2n) is 1.51. The Balaban J connectivity index is 4.08. The van der Waals surface area contributed by atoms with Gasteiger partial charge in [-0.05, 0) is 12.2 Å². The number of amides is 1. The van der Waals surface area contributed by atoms with Gasteiger partial charge in [0.25, 0.3) is 0 Å². The van der Waals surface area contributed by atoms with Crippen molar-refractivity contribution >= 4 is 18.9 Å². The summed E-state index contributed by atoms with van der Waals surface area (Å²) >= 11 is 3.49. The first-order chi connectivity index (χ1) is 5.24. The van der Waals surface area contributed by atoms with Crippen molar-refractivity contribution in [1.82, 2.24) is 4.72 Å². The maximum absolute atomic E-state index is 10.5. The molecule has 0 aliphatic rings. The molecule has 0 aromatic rings. The summed E-state index contributed by atoms with van der Waals surface area (Å²) in [6.07, 6.45) is 3.74. The Morgan fingerprint density at radius 1 is 1.55 bits per heavy atom. The Kier molecular flexibility index (Phi) is 5.02. The molecule has 0 bridgehead atoms. The van der Waals surface area contributed by atoms with E-state index in [0.29, 0.717) is 5.76 Å². The number of thiol groups is 1. The van der Waals surface area contributed by atoms with Gasteiger partial charge in [-0.2, -0.15) is 0 Å². The Labute approximate surface area is 71.0 Å². The van der Waals surface area contributed by atoms with Crippen LogP contribution in [0.2, 0.25) is 0 Å². The monoisotopic (exact) mass is 171 g/mol. The standard InChI is InChI=1S/C7H9NO2S/c1-3-5-6(4-2)10-7(9)8-11/h3-5,11H,1-2H2,(H,8,9)/b6-5+. The van der Waals surface area contributed by atoms with Crippen molar-refractivity contribution in [3.8, 4) is 0 Å². The number of ether oxygens (including phenoxy) is 1. The summed E-state index contributed by atoms with van der Waals surface area (Å²) in [6, 6.07) is 0. The zero-order chi connectivity index (χ0) is 8.69. The van der Waals surface area contributed by atoms with Crippen molar-refractivity contribution < 1.29 is 9.53 Å². The molecule has 0 saturated carbocycles. The van der Waals surface area contributed by atoms with Gasteiger partial charge in [0.2, 0.25) is 0 Å². The van der Waals surface area contributed by atoms with Crippen LogP contribution < -0.4 is 4.72 Å². The van der Waals surface area contributed by atoms with Crippen LogP contribution in [0.3, 0.4) is 0 Å². The fraction of sp³-hybridized carbons (Fsp3) is 0. The van der Waals surface area contributed by atoms with Crippen LogP contribution in [-0.2, 0) is 4.74 Å². The van der Waals surface area contributed by atoms with Crippen LogP contribution >= 0.6 is 12.8 Å². The molecule has 3 nitrogen and oxygen atoms in total. The molecule has 0 unspecified atom stereocenters. The molecular formula is C7H9NO2S. The van der Waals surface area contributed by atoms with Gasteiger partial charge in [0.05, 0.1) is 0 Å². The van der Waals surface area contributed by atoms with E-state index in [0.717, 1.165) is 0 Å². The molecule has 4 heteroatoms. The lowest BCUT2D eigenvalue weighted by Crippen LogP contribution is -2.13. The number of rotatable bonds is 3. The molecule has 0 saturated heterocycles. The van der Waals surface area contributed by atoms with Crippen LogP contribution in [0, 0.1) is 0 Å². The van der Waals surface area contributed by atoms with Crippen molar-refractivity contribution in [2.24, 2.45) is 0 Å². The number of carbonyl (C=O) groups excluding carboxylic acids is 1. The zero-order valence-electron chi connectivity index (χ0n) is 5.91. The van der Waals surface area contributed by atoms with Crippen molar-refractivity contribution in [1.29, 1.82) is 0 Å². The highest BCUT2D eigenvalue weighted by Gasteiger charge is 1.98. The van der Waals surface area contributed by atoms with Crippen LogP contribution in [0.1, 0.15) is 0 Å². The molecule has 1 amide bonds. The van der Waals surface area contributed by atoms with Crippen LogP contribution in [0.4, 0.5) is 4.79 Å². The summed E-state index contributed by atoms with van der Waals surface area (Å²) in [7, 11) is 0. The SMILES string of the molecule is C=C/C=C(\C=C)OC(=O)NS. The Hall–Kier alpha value is -1.16. The van der Waals surface area contributed by atoms with Crippen LogP contribution in [-0.4, -0.2) is 6.09 Å². The molecule has 0 heterocycles. The predicted molar refractivity (Wildman–Crippen MR) is 47.1 cm³/mol. The summed E-state index contributed by atoms with van der Waals surface area (Å²) in [5, 5.41) is 0. The molecule has 1 N–H and O–H groups in total. The van der Waals surface area contributed by atoms with E-state index in [9.17, 15) is 4.79 Å². The molecule has 0 spiro atoms. The molecule has 0 aromatic heterocycles. The highest BCUT2D eigenvalue weighted by atomic mass is 32.1. The molecule has 11 heavy (non-hydrogen) atoms. The van der Waals surface area contributed by atoms with Gasteiger partial charge in [-0.1, -0.05) is 32.0 Å². The van der Waals surface area contributed by atoms with Gasteiger partial charge in [-0.25, -0.2) is 4.79 Å². The Morgan fingerprint density at radius 2 is 2.18 bits per heavy atom. The lowest BCUT2D eigenvalue weighted by molar-refractivity contribution is 0.187. The second-order valence-corrected chi connectivity index (χ2v) is 1.73. The smallest absolute Gasteiger partial charge is 0.410 e. The van der Waals surface area contributed by atoms with E-state index in [1.165, 1.54) is 18.2 Å². The maximum Gasteiger partial charge on any atom is 0.422 e. The maximum atomic E-state index is 10.5. The Bertz CT molecular complexity index is 199. The lowest BCUT2D eigenvalue weighted by atomic mass is 10.4. The zero-order valence-corrected chi connectivity index (χ0v) is 6.80. The van der Waals surface area contributed by atoms with Crippen LogP contribution in [0.15, 0.2) is 37.1 Å². The number of allylic oxidation sites excluding steroid dienone is 3. The third kappa shape index (κ3) is 4.27. The number of hydrogen-bond acceptors (Lipinski definition) is 3. The number of hydrogen-bond donors (Lipinski definition) is 2. The quantitative estimate of drug-likeness (QED) is 0.386. The first kappa shape index (κ1) is 9.84. The van der Waals surface area contributed by atoms with Crippen LogP contribution in [0.25, 0.3) is 0 Å². The minimum Gasteiger partial charge on any atom is -0.410 e. The van der Waals surface area contributed by atoms with Gasteiger partial charge < -0.3 is 4.74 Å². The molecule has 0 radical (unpaired) electrons. The molecule has 60 valence electrons. The highest BCUT2D eigenvalue weighted by molar-refractivity contribution is 7.78. The summed E-state index contributed by atoms with van der Waals surface area (Å²) in [5.74, 6) is 0.326. The average molecular weight is 171 g/mol. The van der Waals surface area contributed by atoms with Crippen molar-refractivity contribution in [2.45, 2.75) is 0 Å². The molecule has 0 rings (SSSR count). The van der Waals surface area contributed by atoms with E-state index in [-0.39, 0.29) is 0 Å². The number of carbonyl (C=O) groups is 1. The molecule has 0 aliphatic carbocycles. The van der Waals surface area contributed by atoms with E-state index in [2.05, 4.69) is 30.7 Å². The van der Waals surface area contributed by atoms with E-state index in [4.69, 9.17) is 0 Å². The highest BCUT2D eigenvalue weighted by Crippen LogP contribution is 1.98. The minimum absolute atomic E-state index is 0.326. The van der Waals surface area contributed by atoms with E-state index >= 15 is 0 Å². The second kappa shape index (κ2) is 5.61. The van der Waals surface area contributed by atoms with E-state index in [1.54, 1.807) is 0 Å². The van der Waals surface area contributed by atoms with Gasteiger partial charge in [-0.15, -0.1) is 0 Å². The third-order valence-electron chi connectivity index (χ3n) is 0.785. The topological polar surface area (TPSA) is 38.3 Å². The summed E-state index contributed by atoms with van der Waals surface area (Å²) in [6.45, 7) is 6.85. The Morgan fingerprint density at radius 3 is 2.55 bits per heavy atom. The van der Waals surface area contributed by atoms with Crippen molar-refractivity contribution in [3.63, 3.8) is 0 Å². The molecule has 0 fully saturated rings. The van der Waals surface area contributed by atoms with Gasteiger partial charge in [0, 0.05) is 0 Å². The van der Waals surface area contributed by atoms with Gasteiger partial charge in [0.1, 0.15) is 5.76 Å². The van der Waals surface area contributed by atoms with Crippen molar-refractivity contribution in [2.75, 3.05) is 0 Å². The van der Waals surface area contributed by atoms with Crippen molar-refractivity contribution in [3.05, 3.63) is 37.1 Å². The van der Waals surface area contributed by atoms with Gasteiger partial charge >= 0.3 is 6.09 Å². The van der Waals surface area contributed by atoms with Gasteiger partial charge in [0.15, 0.2) is 0 Å². The predicted octanol–water partition coefficient (Wildman–Crippen LogP) is 1.81. The molecular weight excluding hydrogens is 162 g/mol. The summed E-state index contributed by atoms with van der Waals surface area (Å²) in [4.78, 5) is 10.5. The molecule has 0 atom stereocenters. The number of nitrogens with one attached hydrogen (secondary N) is 1. The largest absolute Gasteiger partial charge is 0.422 e. The first-order valence-corrected chi connectivity index (χ1v) is 3.26. The average Bonchev–Trinajstić information content (AvgIpc) is 2.03. The van der Waals surface area contributed by atoms with Gasteiger partial charge in [-0.3, -0.25) is 4.72 Å². The molecule has 0 aliphatic heterocycles. The minimum atomic E-state index is -0.652. The normalized spacial score (nSPS) is 10.1. The van der Waals surface area contributed by atoms with E-state index in [1.807, 2.05) is 4.72 Å².